The van der Waals surface area contributed by atoms with E-state index in [2.05, 4.69) is 27.8 Å². The molecule has 1 aromatic carbocycles. The molecule has 21 heavy (non-hydrogen) atoms. The molecule has 112 valence electrons. The number of nitrogens with zero attached hydrogens (tertiary/aromatic N) is 1. The Morgan fingerprint density at radius 3 is 2.76 bits per heavy atom. The zero-order valence-corrected chi connectivity index (χ0v) is 13.7. The Kier molecular flexibility index (Phi) is 5.31. The third-order valence-corrected chi connectivity index (χ3v) is 3.83. The minimum atomic E-state index is -0.317. The van der Waals surface area contributed by atoms with Gasteiger partial charge in [0.2, 0.25) is 5.88 Å². The van der Waals surface area contributed by atoms with Crippen molar-refractivity contribution in [3.8, 4) is 11.6 Å². The van der Waals surface area contributed by atoms with Gasteiger partial charge in [0.15, 0.2) is 0 Å². The van der Waals surface area contributed by atoms with Gasteiger partial charge in [-0.1, -0.05) is 6.92 Å². The number of rotatable bonds is 5. The molecular weight excluding hydrogens is 335 g/mol. The van der Waals surface area contributed by atoms with Gasteiger partial charge in [-0.05, 0) is 65.5 Å². The van der Waals surface area contributed by atoms with Crippen LogP contribution in [-0.2, 0) is 6.42 Å². The van der Waals surface area contributed by atoms with Crippen LogP contribution in [0.25, 0.3) is 0 Å². The normalized spacial score (nSPS) is 12.2. The van der Waals surface area contributed by atoms with E-state index >= 15 is 0 Å². The summed E-state index contributed by atoms with van der Waals surface area (Å²) in [6.07, 6.45) is 3.50. The smallest absolute Gasteiger partial charge is 0.222 e. The fourth-order valence-electron chi connectivity index (χ4n) is 1.95. The Morgan fingerprint density at radius 1 is 1.38 bits per heavy atom. The number of aryl methyl sites for hydroxylation is 1. The summed E-state index contributed by atoms with van der Waals surface area (Å²) in [5, 5.41) is 0. The first kappa shape index (κ1) is 15.9. The van der Waals surface area contributed by atoms with Gasteiger partial charge in [0, 0.05) is 17.8 Å². The number of hydrogen-bond acceptors (Lipinski definition) is 3. The summed E-state index contributed by atoms with van der Waals surface area (Å²) in [6, 6.07) is 6.45. The topological polar surface area (TPSA) is 48.1 Å². The highest BCUT2D eigenvalue weighted by Gasteiger charge is 2.09. The van der Waals surface area contributed by atoms with Crippen molar-refractivity contribution in [1.82, 2.24) is 4.98 Å². The minimum absolute atomic E-state index is 0.143. The predicted molar refractivity (Wildman–Crippen MR) is 85.1 cm³/mol. The first-order valence-corrected chi connectivity index (χ1v) is 7.63. The molecule has 2 aromatic rings. The SMILES string of the molecule is CCC(N)Cc1cnc(Oc2ccc(F)cc2Br)c(C)c1. The Labute approximate surface area is 132 Å². The van der Waals surface area contributed by atoms with Crippen LogP contribution in [0.2, 0.25) is 0 Å². The van der Waals surface area contributed by atoms with Crippen LogP contribution >= 0.6 is 15.9 Å². The van der Waals surface area contributed by atoms with Gasteiger partial charge in [0.25, 0.3) is 0 Å². The summed E-state index contributed by atoms with van der Waals surface area (Å²) < 4.78 is 19.3. The van der Waals surface area contributed by atoms with Gasteiger partial charge >= 0.3 is 0 Å². The number of halogens is 2. The number of pyridine rings is 1. The van der Waals surface area contributed by atoms with E-state index in [1.165, 1.54) is 12.1 Å². The van der Waals surface area contributed by atoms with Crippen molar-refractivity contribution in [2.75, 3.05) is 0 Å². The zero-order chi connectivity index (χ0) is 15.4. The van der Waals surface area contributed by atoms with Crippen LogP contribution in [0.3, 0.4) is 0 Å². The van der Waals surface area contributed by atoms with Gasteiger partial charge in [0.05, 0.1) is 4.47 Å². The number of hydrogen-bond donors (Lipinski definition) is 1. The summed E-state index contributed by atoms with van der Waals surface area (Å²) in [5.74, 6) is 0.726. The zero-order valence-electron chi connectivity index (χ0n) is 12.1. The third-order valence-electron chi connectivity index (χ3n) is 3.21. The molecule has 1 aromatic heterocycles. The molecule has 3 nitrogen and oxygen atoms in total. The molecule has 2 rings (SSSR count). The second kappa shape index (κ2) is 7.00. The second-order valence-corrected chi connectivity index (χ2v) is 5.87. The van der Waals surface area contributed by atoms with Gasteiger partial charge < -0.3 is 10.5 Å². The molecule has 0 spiro atoms. The van der Waals surface area contributed by atoms with Gasteiger partial charge in [-0.3, -0.25) is 0 Å². The van der Waals surface area contributed by atoms with Gasteiger partial charge in [-0.2, -0.15) is 0 Å². The Morgan fingerprint density at radius 2 is 2.14 bits per heavy atom. The molecule has 2 N–H and O–H groups in total. The summed E-state index contributed by atoms with van der Waals surface area (Å²) in [4.78, 5) is 4.33. The molecule has 0 radical (unpaired) electrons. The molecule has 5 heteroatoms. The molecule has 0 aliphatic carbocycles. The summed E-state index contributed by atoms with van der Waals surface area (Å²) >= 11 is 3.28. The summed E-state index contributed by atoms with van der Waals surface area (Å²) in [5.41, 5.74) is 7.96. The highest BCUT2D eigenvalue weighted by atomic mass is 79.9. The van der Waals surface area contributed by atoms with Gasteiger partial charge in [0.1, 0.15) is 11.6 Å². The molecule has 0 saturated heterocycles. The van der Waals surface area contributed by atoms with Crippen LogP contribution in [0.4, 0.5) is 4.39 Å². The van der Waals surface area contributed by atoms with E-state index in [1.807, 2.05) is 13.0 Å². The van der Waals surface area contributed by atoms with Gasteiger partial charge in [-0.25, -0.2) is 9.37 Å². The van der Waals surface area contributed by atoms with E-state index in [1.54, 1.807) is 12.3 Å². The maximum atomic E-state index is 13.1. The van der Waals surface area contributed by atoms with E-state index < -0.39 is 0 Å². The second-order valence-electron chi connectivity index (χ2n) is 5.01. The van der Waals surface area contributed by atoms with E-state index in [9.17, 15) is 4.39 Å². The lowest BCUT2D eigenvalue weighted by molar-refractivity contribution is 0.453. The van der Waals surface area contributed by atoms with Crippen molar-refractivity contribution in [3.63, 3.8) is 0 Å². The summed E-state index contributed by atoms with van der Waals surface area (Å²) in [6.45, 7) is 4.00. The third kappa shape index (κ3) is 4.25. The Hall–Kier alpha value is -1.46. The lowest BCUT2D eigenvalue weighted by Gasteiger charge is -2.12. The van der Waals surface area contributed by atoms with E-state index in [4.69, 9.17) is 10.5 Å². The largest absolute Gasteiger partial charge is 0.438 e. The van der Waals surface area contributed by atoms with Crippen molar-refractivity contribution in [2.24, 2.45) is 5.73 Å². The average Bonchev–Trinajstić information content (AvgIpc) is 2.44. The molecule has 1 unspecified atom stereocenters. The lowest BCUT2D eigenvalue weighted by atomic mass is 10.1. The Bertz CT molecular complexity index is 634. The van der Waals surface area contributed by atoms with Crippen LogP contribution < -0.4 is 10.5 Å². The van der Waals surface area contributed by atoms with Crippen LogP contribution in [0.15, 0.2) is 34.9 Å². The lowest BCUT2D eigenvalue weighted by Crippen LogP contribution is -2.21. The molecule has 1 heterocycles. The molecule has 0 bridgehead atoms. The monoisotopic (exact) mass is 352 g/mol. The van der Waals surface area contributed by atoms with Crippen molar-refractivity contribution in [2.45, 2.75) is 32.7 Å². The molecule has 0 saturated carbocycles. The van der Waals surface area contributed by atoms with Crippen molar-refractivity contribution < 1.29 is 9.13 Å². The summed E-state index contributed by atoms with van der Waals surface area (Å²) in [7, 11) is 0. The van der Waals surface area contributed by atoms with Crippen LogP contribution in [0.5, 0.6) is 11.6 Å². The molecule has 0 aliphatic rings. The highest BCUT2D eigenvalue weighted by Crippen LogP contribution is 2.30. The maximum absolute atomic E-state index is 13.1. The van der Waals surface area contributed by atoms with Crippen molar-refractivity contribution in [3.05, 3.63) is 51.9 Å². The van der Waals surface area contributed by atoms with Crippen molar-refractivity contribution in [1.29, 1.82) is 0 Å². The number of nitrogens with two attached hydrogens (primary N) is 1. The van der Waals surface area contributed by atoms with Crippen LogP contribution in [0, 0.1) is 12.7 Å². The fourth-order valence-corrected chi connectivity index (χ4v) is 2.38. The quantitative estimate of drug-likeness (QED) is 0.869. The van der Waals surface area contributed by atoms with Crippen molar-refractivity contribution >= 4 is 15.9 Å². The molecular formula is C16H18BrFN2O. The highest BCUT2D eigenvalue weighted by molar-refractivity contribution is 9.10. The molecule has 0 amide bonds. The van der Waals surface area contributed by atoms with E-state index in [0.717, 1.165) is 24.0 Å². The van der Waals surface area contributed by atoms with Crippen LogP contribution in [0.1, 0.15) is 24.5 Å². The molecule has 0 fully saturated rings. The van der Waals surface area contributed by atoms with Gasteiger partial charge in [-0.15, -0.1) is 0 Å². The maximum Gasteiger partial charge on any atom is 0.222 e. The molecule has 1 atom stereocenters. The van der Waals surface area contributed by atoms with E-state index in [-0.39, 0.29) is 11.9 Å². The standard InChI is InChI=1S/C16H18BrFN2O/c1-3-13(19)7-11-6-10(2)16(20-9-11)21-15-5-4-12(18)8-14(15)17/h4-6,8-9,13H,3,7,19H2,1-2H3. The first-order valence-electron chi connectivity index (χ1n) is 6.83. The molecule has 0 aliphatic heterocycles. The number of ether oxygens (including phenoxy) is 1. The first-order chi connectivity index (χ1) is 9.99. The minimum Gasteiger partial charge on any atom is -0.438 e. The number of benzene rings is 1. The number of aromatic nitrogens is 1. The van der Waals surface area contributed by atoms with Crippen LogP contribution in [-0.4, -0.2) is 11.0 Å². The fraction of sp³-hybridized carbons (Fsp3) is 0.312. The predicted octanol–water partition coefficient (Wildman–Crippen LogP) is 4.36. The van der Waals surface area contributed by atoms with E-state index in [0.29, 0.717) is 16.1 Å². The average molecular weight is 353 g/mol. The Balaban J connectivity index is 2.17.